The van der Waals surface area contributed by atoms with Gasteiger partial charge in [0.05, 0.1) is 11.3 Å². The average Bonchev–Trinajstić information content (AvgIpc) is 2.89. The van der Waals surface area contributed by atoms with Gasteiger partial charge in [-0.2, -0.15) is 0 Å². The van der Waals surface area contributed by atoms with E-state index in [4.69, 9.17) is 16.3 Å². The van der Waals surface area contributed by atoms with E-state index in [-0.39, 0.29) is 30.7 Å². The number of para-hydroxylation sites is 1. The van der Waals surface area contributed by atoms with Crippen LogP contribution in [0.2, 0.25) is 0 Å². The molecule has 2 aromatic rings. The fraction of sp³-hybridized carbons (Fsp3) is 0.304. The van der Waals surface area contributed by atoms with Gasteiger partial charge in [-0.15, -0.1) is 24.8 Å². The molecule has 1 amide bonds. The number of aromatic nitrogens is 1. The third-order valence-electron chi connectivity index (χ3n) is 5.30. The Kier molecular flexibility index (Phi) is 9.85. The lowest BCUT2D eigenvalue weighted by molar-refractivity contribution is 0.0814. The summed E-state index contributed by atoms with van der Waals surface area (Å²) in [5.74, 6) is 0.433. The molecule has 0 saturated heterocycles. The lowest BCUT2D eigenvalue weighted by Gasteiger charge is -2.26. The summed E-state index contributed by atoms with van der Waals surface area (Å²) in [7, 11) is 0. The van der Waals surface area contributed by atoms with Gasteiger partial charge in [0.1, 0.15) is 17.2 Å². The van der Waals surface area contributed by atoms with Crippen LogP contribution < -0.4 is 4.74 Å². The molecule has 5 nitrogen and oxygen atoms in total. The number of unbranched alkanes of at least 4 members (excludes halogenated alkanes) is 1. The molecule has 1 aromatic carbocycles. The lowest BCUT2D eigenvalue weighted by Crippen LogP contribution is -2.31. The van der Waals surface area contributed by atoms with E-state index in [0.29, 0.717) is 23.0 Å². The highest BCUT2D eigenvalue weighted by molar-refractivity contribution is 6.30. The van der Waals surface area contributed by atoms with Gasteiger partial charge in [0.2, 0.25) is 0 Å². The summed E-state index contributed by atoms with van der Waals surface area (Å²) in [5.41, 5.74) is 2.95. The normalized spacial score (nSPS) is 16.0. The van der Waals surface area contributed by atoms with E-state index >= 15 is 0 Å². The van der Waals surface area contributed by atoms with Crippen molar-refractivity contribution in [1.29, 1.82) is 0 Å². The van der Waals surface area contributed by atoms with E-state index in [9.17, 15) is 4.79 Å². The van der Waals surface area contributed by atoms with Gasteiger partial charge in [-0.3, -0.25) is 19.6 Å². The van der Waals surface area contributed by atoms with Crippen LogP contribution in [-0.2, 0) is 0 Å². The summed E-state index contributed by atoms with van der Waals surface area (Å²) in [6.45, 7) is 3.56. The van der Waals surface area contributed by atoms with Crippen LogP contribution in [0, 0.1) is 0 Å². The van der Waals surface area contributed by atoms with Crippen LogP contribution in [0.3, 0.4) is 0 Å². The van der Waals surface area contributed by atoms with Crippen molar-refractivity contribution in [3.05, 3.63) is 77.4 Å². The van der Waals surface area contributed by atoms with E-state index in [1.807, 2.05) is 30.5 Å². The molecule has 0 spiro atoms. The van der Waals surface area contributed by atoms with Gasteiger partial charge in [-0.1, -0.05) is 35.9 Å². The molecule has 8 heteroatoms. The van der Waals surface area contributed by atoms with Gasteiger partial charge in [0.15, 0.2) is 0 Å². The maximum Gasteiger partial charge on any atom is 0.262 e. The first-order valence-electron chi connectivity index (χ1n) is 9.98. The number of fused-ring (bicyclic) bond motifs is 1. The second-order valence-electron chi connectivity index (χ2n) is 7.21. The van der Waals surface area contributed by atoms with Crippen molar-refractivity contribution in [3.8, 4) is 5.75 Å². The Hall–Kier alpha value is -2.05. The standard InChI is InChI=1S/C23H24ClN3O2.2ClH/c24-22-17-29-21-9-2-1-7-19(21)23(28)27(22)14-6-5-13-26-15-10-18(11-16-26)20-8-3-4-12-25-20;;/h1-4,7-10,12,17H,5-6,11,13-16H2;2*1H. The van der Waals surface area contributed by atoms with Crippen molar-refractivity contribution in [2.75, 3.05) is 26.2 Å². The number of halogens is 3. The molecule has 0 atom stereocenters. The fourth-order valence-corrected chi connectivity index (χ4v) is 3.88. The maximum absolute atomic E-state index is 12.8. The van der Waals surface area contributed by atoms with Gasteiger partial charge < -0.3 is 4.74 Å². The lowest BCUT2D eigenvalue weighted by atomic mass is 10.0. The van der Waals surface area contributed by atoms with Crippen LogP contribution in [0.25, 0.3) is 5.57 Å². The second kappa shape index (κ2) is 12.1. The van der Waals surface area contributed by atoms with E-state index in [1.165, 1.54) is 11.8 Å². The zero-order valence-corrected chi connectivity index (χ0v) is 19.5. The number of benzene rings is 1. The van der Waals surface area contributed by atoms with Crippen molar-refractivity contribution in [3.63, 3.8) is 0 Å². The molecular weight excluding hydrogens is 457 g/mol. The second-order valence-corrected chi connectivity index (χ2v) is 7.60. The fourth-order valence-electron chi connectivity index (χ4n) is 3.68. The number of hydrogen-bond donors (Lipinski definition) is 0. The molecule has 0 aliphatic carbocycles. The van der Waals surface area contributed by atoms with Gasteiger partial charge >= 0.3 is 0 Å². The number of hydrogen-bond acceptors (Lipinski definition) is 4. The topological polar surface area (TPSA) is 45.7 Å². The van der Waals surface area contributed by atoms with E-state index in [0.717, 1.165) is 44.6 Å². The maximum atomic E-state index is 12.8. The Morgan fingerprint density at radius 2 is 1.81 bits per heavy atom. The predicted octanol–water partition coefficient (Wildman–Crippen LogP) is 5.37. The number of carbonyl (C=O) groups excluding carboxylic acids is 1. The molecule has 0 saturated carbocycles. The van der Waals surface area contributed by atoms with Crippen LogP contribution in [0.15, 0.2) is 66.2 Å². The third kappa shape index (κ3) is 6.23. The molecule has 0 radical (unpaired) electrons. The molecule has 0 unspecified atom stereocenters. The van der Waals surface area contributed by atoms with Gasteiger partial charge in [0, 0.05) is 25.8 Å². The molecule has 0 fully saturated rings. The molecule has 166 valence electrons. The van der Waals surface area contributed by atoms with Crippen molar-refractivity contribution in [2.24, 2.45) is 0 Å². The highest BCUT2D eigenvalue weighted by Crippen LogP contribution is 2.27. The van der Waals surface area contributed by atoms with E-state index in [2.05, 4.69) is 22.0 Å². The number of pyridine rings is 1. The quantitative estimate of drug-likeness (QED) is 0.410. The molecule has 2 aliphatic rings. The largest absolute Gasteiger partial charge is 0.461 e. The smallest absolute Gasteiger partial charge is 0.262 e. The SMILES string of the molecule is Cl.Cl.O=C1c2ccccc2OC=C(Cl)N1CCCCN1CC=C(c2ccccn2)CC1. The molecule has 3 heterocycles. The summed E-state index contributed by atoms with van der Waals surface area (Å²) in [4.78, 5) is 21.3. The van der Waals surface area contributed by atoms with E-state index in [1.54, 1.807) is 17.0 Å². The molecule has 2 aliphatic heterocycles. The summed E-state index contributed by atoms with van der Waals surface area (Å²) >= 11 is 6.29. The summed E-state index contributed by atoms with van der Waals surface area (Å²) in [6, 6.07) is 13.3. The monoisotopic (exact) mass is 481 g/mol. The van der Waals surface area contributed by atoms with Crippen LogP contribution in [0.1, 0.15) is 35.3 Å². The zero-order chi connectivity index (χ0) is 20.1. The summed E-state index contributed by atoms with van der Waals surface area (Å²) in [6.07, 6.45) is 8.46. The minimum atomic E-state index is -0.111. The summed E-state index contributed by atoms with van der Waals surface area (Å²) < 4.78 is 5.53. The molecule has 0 bridgehead atoms. The minimum absolute atomic E-state index is 0. The Balaban J connectivity index is 0.00000171. The Morgan fingerprint density at radius 1 is 1.03 bits per heavy atom. The van der Waals surface area contributed by atoms with Gasteiger partial charge in [-0.25, -0.2) is 0 Å². The predicted molar refractivity (Wildman–Crippen MR) is 129 cm³/mol. The van der Waals surface area contributed by atoms with E-state index < -0.39 is 0 Å². The highest BCUT2D eigenvalue weighted by Gasteiger charge is 2.25. The van der Waals surface area contributed by atoms with Gasteiger partial charge in [0.25, 0.3) is 5.91 Å². The summed E-state index contributed by atoms with van der Waals surface area (Å²) in [5, 5.41) is 0.326. The number of amides is 1. The van der Waals surface area contributed by atoms with Crippen LogP contribution in [0.5, 0.6) is 5.75 Å². The van der Waals surface area contributed by atoms with Crippen molar-refractivity contribution in [2.45, 2.75) is 19.3 Å². The first kappa shape index (κ1) is 25.2. The number of rotatable bonds is 6. The highest BCUT2D eigenvalue weighted by atomic mass is 35.5. The molecule has 31 heavy (non-hydrogen) atoms. The van der Waals surface area contributed by atoms with Crippen LogP contribution in [-0.4, -0.2) is 46.9 Å². The van der Waals surface area contributed by atoms with Gasteiger partial charge in [-0.05, 0) is 55.6 Å². The van der Waals surface area contributed by atoms with Crippen molar-refractivity contribution >= 4 is 47.9 Å². The molecular formula is C23H26Cl3N3O2. The number of carbonyl (C=O) groups is 1. The van der Waals surface area contributed by atoms with Crippen LogP contribution in [0.4, 0.5) is 0 Å². The molecule has 1 aromatic heterocycles. The number of nitrogens with zero attached hydrogens (tertiary/aromatic N) is 3. The Bertz CT molecular complexity index is 935. The third-order valence-corrected chi connectivity index (χ3v) is 5.59. The van der Waals surface area contributed by atoms with Crippen molar-refractivity contribution < 1.29 is 9.53 Å². The first-order valence-corrected chi connectivity index (χ1v) is 10.4. The number of ether oxygens (including phenoxy) is 1. The molecule has 0 N–H and O–H groups in total. The zero-order valence-electron chi connectivity index (χ0n) is 17.1. The first-order chi connectivity index (χ1) is 14.2. The Labute approximate surface area is 200 Å². The minimum Gasteiger partial charge on any atom is -0.461 e. The average molecular weight is 483 g/mol. The van der Waals surface area contributed by atoms with Crippen molar-refractivity contribution in [1.82, 2.24) is 14.8 Å². The Morgan fingerprint density at radius 3 is 2.55 bits per heavy atom. The molecule has 4 rings (SSSR count). The van der Waals surface area contributed by atoms with Crippen LogP contribution >= 0.6 is 36.4 Å².